The molecule has 0 aromatic carbocycles. The van der Waals surface area contributed by atoms with Crippen LogP contribution in [0.4, 0.5) is 0 Å². The second-order valence-electron chi connectivity index (χ2n) is 11.8. The van der Waals surface area contributed by atoms with Gasteiger partial charge >= 0.3 is 5.97 Å². The van der Waals surface area contributed by atoms with Crippen LogP contribution >= 0.6 is 0 Å². The molecule has 2 radical (unpaired) electrons. The molecule has 1 saturated heterocycles. The fourth-order valence-corrected chi connectivity index (χ4v) is 8.98. The number of hydrogen-bond donors (Lipinski definition) is 3. The molecule has 3 fully saturated rings. The summed E-state index contributed by atoms with van der Waals surface area (Å²) in [6.07, 6.45) is -2.31. The smallest absolute Gasteiger partial charge is 0.303 e. The predicted octanol–water partition coefficient (Wildman–Crippen LogP) is 1.95. The van der Waals surface area contributed by atoms with E-state index in [0.717, 1.165) is 11.1 Å². The first-order valence-corrected chi connectivity index (χ1v) is 13.3. The van der Waals surface area contributed by atoms with E-state index < -0.39 is 74.2 Å². The molecule has 10 heteroatoms. The Bertz CT molecular complexity index is 947. The van der Waals surface area contributed by atoms with Gasteiger partial charge < -0.3 is 24.8 Å². The molecule has 2 bridgehead atoms. The van der Waals surface area contributed by atoms with Crippen molar-refractivity contribution in [3.05, 3.63) is 11.1 Å². The van der Waals surface area contributed by atoms with Gasteiger partial charge in [-0.05, 0) is 25.7 Å². The first-order valence-electron chi connectivity index (χ1n) is 12.6. The quantitative estimate of drug-likeness (QED) is 0.287. The van der Waals surface area contributed by atoms with Gasteiger partial charge in [-0.15, -0.1) is 0 Å². The van der Waals surface area contributed by atoms with Crippen molar-refractivity contribution in [3.63, 3.8) is 0 Å². The van der Waals surface area contributed by atoms with Crippen molar-refractivity contribution in [1.29, 1.82) is 0 Å². The van der Waals surface area contributed by atoms with Crippen molar-refractivity contribution in [2.24, 2.45) is 28.6 Å². The van der Waals surface area contributed by atoms with Gasteiger partial charge in [0.1, 0.15) is 17.3 Å². The molecule has 0 amide bonds. The molecule has 0 aromatic rings. The summed E-state index contributed by atoms with van der Waals surface area (Å²) in [5.41, 5.74) is -3.31. The summed E-state index contributed by atoms with van der Waals surface area (Å²) in [6.45, 7) is 12.8. The summed E-state index contributed by atoms with van der Waals surface area (Å²) in [4.78, 5) is 12.5. The van der Waals surface area contributed by atoms with E-state index in [0.29, 0.717) is 6.42 Å². The van der Waals surface area contributed by atoms with Gasteiger partial charge in [0.05, 0.1) is 24.1 Å². The van der Waals surface area contributed by atoms with Gasteiger partial charge in [0, 0.05) is 136 Å². The predicted molar refractivity (Wildman–Crippen MR) is 125 cm³/mol. The number of ether oxygens (including phenoxy) is 2. The molecule has 2 unspecified atom stereocenters. The average Bonchev–Trinajstić information content (AvgIpc) is 2.75. The van der Waals surface area contributed by atoms with Crippen molar-refractivity contribution >= 4 is 16.8 Å². The molecule has 35 heavy (non-hydrogen) atoms. The maximum atomic E-state index is 13.0. The molecule has 4 aliphatic rings. The maximum Gasteiger partial charge on any atom is 0.303 e. The molecule has 3 N–H and O–H groups in total. The van der Waals surface area contributed by atoms with Crippen LogP contribution in [0.25, 0.3) is 0 Å². The maximum absolute atomic E-state index is 13.0. The Morgan fingerprint density at radius 3 is 2.31 bits per heavy atom. The first kappa shape index (κ1) is 31.6. The number of fused-ring (bicyclic) bond motifs is 5. The molecule has 7 nitrogen and oxygen atoms in total. The number of esters is 1. The molecular formula is C25H40Ac2O7S. The van der Waals surface area contributed by atoms with Crippen LogP contribution in [-0.2, 0) is 25.1 Å². The number of rotatable bonds is 2. The monoisotopic (exact) mass is 940 g/mol. The Kier molecular flexibility index (Phi) is 9.77. The van der Waals surface area contributed by atoms with E-state index in [1.165, 1.54) is 6.92 Å². The largest absolute Gasteiger partial charge is 0.459 e. The molecular weight excluding hydrogens is 898 g/mol. The van der Waals surface area contributed by atoms with Crippen LogP contribution in [0.15, 0.2) is 11.1 Å². The molecule has 1 aliphatic heterocycles. The van der Waals surface area contributed by atoms with Gasteiger partial charge in [-0.1, -0.05) is 45.8 Å². The fraction of sp³-hybridized carbons (Fsp3) is 0.880. The van der Waals surface area contributed by atoms with Crippen LogP contribution in [0.2, 0.25) is 0 Å². The van der Waals surface area contributed by atoms with E-state index >= 15 is 0 Å². The van der Waals surface area contributed by atoms with Gasteiger partial charge in [-0.2, -0.15) is 0 Å². The Balaban J connectivity index is 0.00000228. The van der Waals surface area contributed by atoms with Crippen molar-refractivity contribution in [3.8, 4) is 0 Å². The minimum atomic E-state index is -1.68. The zero-order valence-electron chi connectivity index (χ0n) is 22.9. The third-order valence-corrected chi connectivity index (χ3v) is 11.2. The number of carbonyl (C=O) groups is 1. The zero-order valence-corrected chi connectivity index (χ0v) is 32.2. The second-order valence-corrected chi connectivity index (χ2v) is 13.1. The van der Waals surface area contributed by atoms with Crippen LogP contribution < -0.4 is 0 Å². The number of hydrogen-bond acceptors (Lipinski definition) is 7. The second kappa shape index (κ2) is 10.8. The van der Waals surface area contributed by atoms with Crippen molar-refractivity contribution in [1.82, 2.24) is 0 Å². The van der Waals surface area contributed by atoms with Crippen LogP contribution in [-0.4, -0.2) is 73.1 Å². The zero-order chi connectivity index (χ0) is 25.6. The van der Waals surface area contributed by atoms with Crippen molar-refractivity contribution < 1.29 is 123 Å². The van der Waals surface area contributed by atoms with Gasteiger partial charge in [0.15, 0.2) is 0 Å². The van der Waals surface area contributed by atoms with E-state index in [2.05, 4.69) is 0 Å². The van der Waals surface area contributed by atoms with Crippen LogP contribution in [0.5, 0.6) is 0 Å². The van der Waals surface area contributed by atoms with Gasteiger partial charge in [-0.3, -0.25) is 9.00 Å². The van der Waals surface area contributed by atoms with Crippen LogP contribution in [0.3, 0.4) is 0 Å². The molecule has 11 atom stereocenters. The van der Waals surface area contributed by atoms with E-state index in [1.807, 2.05) is 41.5 Å². The van der Waals surface area contributed by atoms with Crippen LogP contribution in [0.1, 0.15) is 62.7 Å². The topological polar surface area (TPSA) is 113 Å². The van der Waals surface area contributed by atoms with Crippen molar-refractivity contribution in [2.45, 2.75) is 96.1 Å². The minimum absolute atomic E-state index is 0. The summed E-state index contributed by atoms with van der Waals surface area (Å²) >= 11 is 0. The molecule has 3 aliphatic carbocycles. The van der Waals surface area contributed by atoms with Gasteiger partial charge in [-0.25, -0.2) is 0 Å². The summed E-state index contributed by atoms with van der Waals surface area (Å²) < 4.78 is 32.5. The summed E-state index contributed by atoms with van der Waals surface area (Å²) in [5.74, 6) is -1.91. The molecule has 194 valence electrons. The van der Waals surface area contributed by atoms with E-state index in [1.54, 1.807) is 0 Å². The minimum Gasteiger partial charge on any atom is -0.459 e. The van der Waals surface area contributed by atoms with Crippen molar-refractivity contribution in [2.75, 3.05) is 12.8 Å². The Morgan fingerprint density at radius 1 is 1.23 bits per heavy atom. The Labute approximate surface area is 284 Å². The summed E-state index contributed by atoms with van der Waals surface area (Å²) in [7, 11) is -1.58. The average molecular weight is 941 g/mol. The van der Waals surface area contributed by atoms with E-state index in [-0.39, 0.29) is 113 Å². The number of carbonyl (C=O) groups excluding carboxylic acids is 1. The Hall–Kier alpha value is 2.08. The van der Waals surface area contributed by atoms with Gasteiger partial charge in [0.2, 0.25) is 0 Å². The molecule has 0 aromatic heterocycles. The van der Waals surface area contributed by atoms with Crippen LogP contribution in [0, 0.1) is 117 Å². The number of aliphatic hydroxyl groups excluding tert-OH is 1. The molecule has 1 heterocycles. The SMILES string of the molecule is [3H]CS(=O)[C@H]1C[C@@]2(O)[C@@H](OC(C)=O)C3[C@](C)([C@H](O)[C@H](C)C(=C1C)C2(C)C)[C@@H](C)C[C@H]1OC[C@@]31O.[Ac].[Ac]. The summed E-state index contributed by atoms with van der Waals surface area (Å²) in [5, 5.41) is 35.9. The number of aliphatic hydroxyl groups is 3. The third kappa shape index (κ3) is 4.54. The van der Waals surface area contributed by atoms with E-state index in [9.17, 15) is 24.3 Å². The standard InChI is InChI=1S/C25H40O7S.2Ac/c1-12-9-17-24(28,11-31-17)19-21(32-15(4)26)25(29)10-16(33(8)30)13(2)18(22(25,5)6)14(3)20(27)23(12,19)7;;/h12,14,16-17,19-21,27-29H,9-11H2,1-8H3;;/t12-,14+,16-,17+,19?,20+,21-,23+,24-,25+,33?;;/m0../s1/i8T;;. The third-order valence-electron chi connectivity index (χ3n) is 10.0. The van der Waals surface area contributed by atoms with Gasteiger partial charge in [0.25, 0.3) is 0 Å². The fourth-order valence-electron chi connectivity index (χ4n) is 8.02. The molecule has 0 spiro atoms. The Morgan fingerprint density at radius 2 is 1.83 bits per heavy atom. The normalized spacial score (nSPS) is 49.3. The first-order chi connectivity index (χ1) is 15.6. The molecule has 2 saturated carbocycles. The van der Waals surface area contributed by atoms with E-state index in [4.69, 9.17) is 10.8 Å². The molecule has 4 rings (SSSR count). The summed E-state index contributed by atoms with van der Waals surface area (Å²) in [6, 6.07) is 0.